The third-order valence-electron chi connectivity index (χ3n) is 1.49. The molecule has 0 aliphatic carbocycles. The van der Waals surface area contributed by atoms with E-state index in [0.29, 0.717) is 0 Å². The molecule has 1 unspecified atom stereocenters. The number of nitrogen functional groups attached to an aromatic ring is 1. The maximum atomic E-state index is 10.8. The Bertz CT molecular complexity index is 378. The number of primary amides is 1. The molecule has 0 radical (unpaired) electrons. The van der Waals surface area contributed by atoms with Crippen molar-refractivity contribution in [3.8, 4) is 0 Å². The van der Waals surface area contributed by atoms with Crippen LogP contribution in [-0.2, 0) is 11.1 Å². The van der Waals surface area contributed by atoms with Gasteiger partial charge in [-0.2, -0.15) is 0 Å². The highest BCUT2D eigenvalue weighted by Gasteiger charge is 2.08. The number of benzene rings is 1. The highest BCUT2D eigenvalue weighted by Crippen LogP contribution is 2.15. The monoisotopic (exact) mass is 200 g/mol. The van der Waals surface area contributed by atoms with E-state index in [9.17, 15) is 9.00 Å². The Hall–Kier alpha value is -1.40. The van der Waals surface area contributed by atoms with Gasteiger partial charge in [0.05, 0.1) is 10.5 Å². The van der Waals surface area contributed by atoms with E-state index in [-0.39, 0.29) is 16.1 Å². The van der Waals surface area contributed by atoms with Crippen molar-refractivity contribution in [1.29, 1.82) is 0 Å². The Morgan fingerprint density at radius 2 is 2.08 bits per heavy atom. The zero-order valence-corrected chi connectivity index (χ0v) is 7.38. The lowest BCUT2D eigenvalue weighted by atomic mass is 10.2. The van der Waals surface area contributed by atoms with Gasteiger partial charge in [-0.25, -0.2) is 4.21 Å². The van der Waals surface area contributed by atoms with E-state index >= 15 is 0 Å². The predicted octanol–water partition coefficient (Wildman–Crippen LogP) is -0.0517. The number of carbonyl (C=O) groups is 1. The molecule has 0 saturated heterocycles. The van der Waals surface area contributed by atoms with Crippen molar-refractivity contribution in [1.82, 2.24) is 0 Å². The lowest BCUT2D eigenvalue weighted by Gasteiger charge is -2.02. The first-order chi connectivity index (χ1) is 6.02. The smallest absolute Gasteiger partial charge is 0.250 e. The van der Waals surface area contributed by atoms with Crippen LogP contribution in [0.4, 0.5) is 5.69 Å². The average molecular weight is 200 g/mol. The van der Waals surface area contributed by atoms with E-state index in [0.717, 1.165) is 0 Å². The number of rotatable bonds is 2. The Balaban J connectivity index is 3.27. The number of hydrogen-bond acceptors (Lipinski definition) is 3. The molecule has 0 aromatic heterocycles. The number of hydrogen-bond donors (Lipinski definition) is 3. The van der Waals surface area contributed by atoms with Crippen molar-refractivity contribution >= 4 is 22.7 Å². The summed E-state index contributed by atoms with van der Waals surface area (Å²) in [5, 5.41) is 0. The first-order valence-electron chi connectivity index (χ1n) is 3.32. The maximum Gasteiger partial charge on any atom is 0.250 e. The fourth-order valence-corrected chi connectivity index (χ4v) is 1.26. The molecule has 0 fully saturated rings. The normalized spacial score (nSPS) is 12.4. The zero-order chi connectivity index (χ0) is 10.0. The molecule has 0 aliphatic rings. The molecule has 0 spiro atoms. The standard InChI is InChI=1S/C7H8N2O3S/c8-6-2-1-4(13(11)12)3-5(6)7(9)10/h1-3H,8H2,(H2,9,10)(H,11,12). The molecule has 6 heteroatoms. The number of carbonyl (C=O) groups excluding carboxylic acids is 1. The average Bonchev–Trinajstić information content (AvgIpc) is 2.04. The Kier molecular flexibility index (Phi) is 2.64. The van der Waals surface area contributed by atoms with Crippen molar-refractivity contribution in [2.45, 2.75) is 4.90 Å². The van der Waals surface area contributed by atoms with Gasteiger partial charge in [0, 0.05) is 5.69 Å². The minimum Gasteiger partial charge on any atom is -0.398 e. The molecule has 0 saturated carbocycles. The molecule has 0 heterocycles. The molecule has 1 aromatic rings. The van der Waals surface area contributed by atoms with Crippen LogP contribution < -0.4 is 11.5 Å². The van der Waals surface area contributed by atoms with E-state index in [1.807, 2.05) is 0 Å². The van der Waals surface area contributed by atoms with Crippen molar-refractivity contribution in [2.24, 2.45) is 5.73 Å². The third-order valence-corrected chi connectivity index (χ3v) is 2.15. The van der Waals surface area contributed by atoms with Crippen LogP contribution in [0.3, 0.4) is 0 Å². The van der Waals surface area contributed by atoms with E-state index in [1.54, 1.807) is 0 Å². The molecule has 1 aromatic carbocycles. The zero-order valence-electron chi connectivity index (χ0n) is 6.56. The van der Waals surface area contributed by atoms with Gasteiger partial charge in [-0.05, 0) is 18.2 Å². The van der Waals surface area contributed by atoms with Crippen LogP contribution in [0.25, 0.3) is 0 Å². The van der Waals surface area contributed by atoms with E-state index < -0.39 is 17.0 Å². The summed E-state index contributed by atoms with van der Waals surface area (Å²) in [7, 11) is 0. The van der Waals surface area contributed by atoms with E-state index in [2.05, 4.69) is 0 Å². The van der Waals surface area contributed by atoms with Crippen LogP contribution in [0.15, 0.2) is 23.1 Å². The van der Waals surface area contributed by atoms with E-state index in [1.165, 1.54) is 18.2 Å². The Morgan fingerprint density at radius 1 is 1.46 bits per heavy atom. The predicted molar refractivity (Wildman–Crippen MR) is 48.4 cm³/mol. The van der Waals surface area contributed by atoms with Crippen molar-refractivity contribution < 1.29 is 13.6 Å². The minimum absolute atomic E-state index is 0.0555. The SMILES string of the molecule is NC(=O)c1cc(S(=O)O)ccc1N. The Labute approximate surface area is 77.0 Å². The van der Waals surface area contributed by atoms with Gasteiger partial charge in [0.1, 0.15) is 0 Å². The van der Waals surface area contributed by atoms with Gasteiger partial charge in [-0.15, -0.1) is 0 Å². The first kappa shape index (κ1) is 9.69. The van der Waals surface area contributed by atoms with Gasteiger partial charge >= 0.3 is 0 Å². The molecule has 5 nitrogen and oxygen atoms in total. The summed E-state index contributed by atoms with van der Waals surface area (Å²) in [6.07, 6.45) is 0. The molecule has 0 bridgehead atoms. The molecular formula is C7H8N2O3S. The quantitative estimate of drug-likeness (QED) is 0.459. The lowest BCUT2D eigenvalue weighted by molar-refractivity contribution is 0.100. The van der Waals surface area contributed by atoms with Crippen molar-refractivity contribution in [2.75, 3.05) is 5.73 Å². The van der Waals surface area contributed by atoms with Crippen molar-refractivity contribution in [3.05, 3.63) is 23.8 Å². The van der Waals surface area contributed by atoms with Gasteiger partial charge in [0.2, 0.25) is 0 Å². The summed E-state index contributed by atoms with van der Waals surface area (Å²) in [6, 6.07) is 3.93. The maximum absolute atomic E-state index is 10.8. The number of anilines is 1. The molecule has 1 atom stereocenters. The molecule has 1 amide bonds. The van der Waals surface area contributed by atoms with Crippen LogP contribution in [0, 0.1) is 0 Å². The van der Waals surface area contributed by atoms with Crippen LogP contribution in [0.2, 0.25) is 0 Å². The van der Waals surface area contributed by atoms with Gasteiger partial charge in [0.15, 0.2) is 11.1 Å². The van der Waals surface area contributed by atoms with Gasteiger partial charge < -0.3 is 16.0 Å². The summed E-state index contributed by atoms with van der Waals surface area (Å²) < 4.78 is 19.3. The first-order valence-corrected chi connectivity index (χ1v) is 4.43. The molecule has 0 aliphatic heterocycles. The molecule has 1 rings (SSSR count). The molecule has 13 heavy (non-hydrogen) atoms. The summed E-state index contributed by atoms with van der Waals surface area (Å²) in [5.41, 5.74) is 10.6. The fourth-order valence-electron chi connectivity index (χ4n) is 0.857. The fraction of sp³-hybridized carbons (Fsp3) is 0. The topological polar surface area (TPSA) is 106 Å². The van der Waals surface area contributed by atoms with Crippen LogP contribution >= 0.6 is 0 Å². The lowest BCUT2D eigenvalue weighted by Crippen LogP contribution is -2.13. The molecular weight excluding hydrogens is 192 g/mol. The van der Waals surface area contributed by atoms with Gasteiger partial charge in [0.25, 0.3) is 5.91 Å². The number of nitrogens with two attached hydrogens (primary N) is 2. The molecule has 70 valence electrons. The highest BCUT2D eigenvalue weighted by molar-refractivity contribution is 7.79. The highest BCUT2D eigenvalue weighted by atomic mass is 32.2. The van der Waals surface area contributed by atoms with Crippen LogP contribution in [0.5, 0.6) is 0 Å². The van der Waals surface area contributed by atoms with Gasteiger partial charge in [-0.1, -0.05) is 0 Å². The molecule has 5 N–H and O–H groups in total. The summed E-state index contributed by atoms with van der Waals surface area (Å²) >= 11 is -2.13. The van der Waals surface area contributed by atoms with Gasteiger partial charge in [-0.3, -0.25) is 4.79 Å². The third kappa shape index (κ3) is 2.04. The summed E-state index contributed by atoms with van der Waals surface area (Å²) in [6.45, 7) is 0. The van der Waals surface area contributed by atoms with E-state index in [4.69, 9.17) is 16.0 Å². The van der Waals surface area contributed by atoms with Crippen LogP contribution in [0.1, 0.15) is 10.4 Å². The second-order valence-corrected chi connectivity index (χ2v) is 3.33. The second kappa shape index (κ2) is 3.55. The summed E-state index contributed by atoms with van der Waals surface area (Å²) in [5.74, 6) is -0.718. The number of amides is 1. The van der Waals surface area contributed by atoms with Crippen molar-refractivity contribution in [3.63, 3.8) is 0 Å². The Morgan fingerprint density at radius 3 is 2.54 bits per heavy atom. The summed E-state index contributed by atoms with van der Waals surface area (Å²) in [4.78, 5) is 10.9. The minimum atomic E-state index is -2.13. The largest absolute Gasteiger partial charge is 0.398 e. The van der Waals surface area contributed by atoms with Crippen LogP contribution in [-0.4, -0.2) is 14.7 Å². The second-order valence-electron chi connectivity index (χ2n) is 2.36.